The maximum Gasteiger partial charge on any atom is 0.223 e. The smallest absolute Gasteiger partial charge is 0.223 e. The van der Waals surface area contributed by atoms with Gasteiger partial charge in [0.05, 0.1) is 6.61 Å². The molecule has 0 unspecified atom stereocenters. The van der Waals surface area contributed by atoms with Gasteiger partial charge in [-0.25, -0.2) is 0 Å². The van der Waals surface area contributed by atoms with Gasteiger partial charge in [0.15, 0.2) is 0 Å². The first-order valence-electron chi connectivity index (χ1n) is 9.35. The summed E-state index contributed by atoms with van der Waals surface area (Å²) < 4.78 is 5.70. The number of hydrogen-bond donors (Lipinski definition) is 0. The van der Waals surface area contributed by atoms with E-state index in [0.29, 0.717) is 32.5 Å². The molecule has 0 aliphatic carbocycles. The fraction of sp³-hybridized carbons (Fsp3) is 0.208. The highest BCUT2D eigenvalue weighted by Gasteiger charge is 2.14. The standard InChI is InChI=1S/C24H25NO2/c26-24(17-10-18-27-23-15-8-3-9-16-23)25(19-21-11-4-1-5-12-21)20-22-13-6-2-7-14-22/h1-9,11-16H,10,17-20H2. The van der Waals surface area contributed by atoms with Gasteiger partial charge in [-0.3, -0.25) is 4.79 Å². The SMILES string of the molecule is O=C(CCCOc1ccccc1)N(Cc1ccccc1)Cc1ccccc1. The van der Waals surface area contributed by atoms with E-state index in [1.54, 1.807) is 0 Å². The second-order valence-electron chi connectivity index (χ2n) is 6.49. The molecule has 0 aliphatic rings. The monoisotopic (exact) mass is 359 g/mol. The lowest BCUT2D eigenvalue weighted by atomic mass is 10.1. The fourth-order valence-electron chi connectivity index (χ4n) is 2.93. The van der Waals surface area contributed by atoms with E-state index in [4.69, 9.17) is 4.74 Å². The van der Waals surface area contributed by atoms with Gasteiger partial charge in [0, 0.05) is 19.5 Å². The molecule has 3 aromatic carbocycles. The van der Waals surface area contributed by atoms with E-state index in [-0.39, 0.29) is 5.91 Å². The van der Waals surface area contributed by atoms with Crippen molar-refractivity contribution < 1.29 is 9.53 Å². The molecular formula is C24H25NO2. The number of rotatable bonds is 9. The molecule has 3 rings (SSSR count). The van der Waals surface area contributed by atoms with Crippen molar-refractivity contribution in [3.8, 4) is 5.75 Å². The van der Waals surface area contributed by atoms with E-state index in [0.717, 1.165) is 16.9 Å². The minimum Gasteiger partial charge on any atom is -0.494 e. The Labute approximate surface area is 161 Å². The van der Waals surface area contributed by atoms with E-state index < -0.39 is 0 Å². The first kappa shape index (κ1) is 18.7. The molecule has 0 heterocycles. The Kier molecular flexibility index (Phi) is 7.05. The number of amides is 1. The zero-order valence-corrected chi connectivity index (χ0v) is 15.5. The Morgan fingerprint density at radius 3 is 1.70 bits per heavy atom. The third kappa shape index (κ3) is 6.30. The first-order valence-corrected chi connectivity index (χ1v) is 9.35. The highest BCUT2D eigenvalue weighted by molar-refractivity contribution is 5.76. The molecule has 0 N–H and O–H groups in total. The Hall–Kier alpha value is -3.07. The number of ether oxygens (including phenoxy) is 1. The van der Waals surface area contributed by atoms with Crippen LogP contribution in [0.4, 0.5) is 0 Å². The van der Waals surface area contributed by atoms with Crippen LogP contribution >= 0.6 is 0 Å². The van der Waals surface area contributed by atoms with E-state index in [1.807, 2.05) is 71.6 Å². The summed E-state index contributed by atoms with van der Waals surface area (Å²) in [6.07, 6.45) is 1.18. The summed E-state index contributed by atoms with van der Waals surface area (Å²) in [5.41, 5.74) is 2.28. The summed E-state index contributed by atoms with van der Waals surface area (Å²) in [4.78, 5) is 14.8. The van der Waals surface area contributed by atoms with Crippen LogP contribution in [-0.2, 0) is 17.9 Å². The molecule has 0 saturated heterocycles. The van der Waals surface area contributed by atoms with E-state index in [2.05, 4.69) is 24.3 Å². The zero-order valence-electron chi connectivity index (χ0n) is 15.5. The summed E-state index contributed by atoms with van der Waals surface area (Å²) in [6, 6.07) is 30.0. The van der Waals surface area contributed by atoms with Crippen LogP contribution < -0.4 is 4.74 Å². The van der Waals surface area contributed by atoms with Gasteiger partial charge < -0.3 is 9.64 Å². The highest BCUT2D eigenvalue weighted by atomic mass is 16.5. The van der Waals surface area contributed by atoms with Crippen LogP contribution in [0.2, 0.25) is 0 Å². The molecule has 0 aromatic heterocycles. The van der Waals surface area contributed by atoms with Crippen LogP contribution in [0.15, 0.2) is 91.0 Å². The molecule has 3 nitrogen and oxygen atoms in total. The highest BCUT2D eigenvalue weighted by Crippen LogP contribution is 2.13. The van der Waals surface area contributed by atoms with E-state index >= 15 is 0 Å². The second kappa shape index (κ2) is 10.2. The van der Waals surface area contributed by atoms with Crippen molar-refractivity contribution in [2.45, 2.75) is 25.9 Å². The lowest BCUT2D eigenvalue weighted by Gasteiger charge is -2.23. The predicted molar refractivity (Wildman–Crippen MR) is 108 cm³/mol. The lowest BCUT2D eigenvalue weighted by Crippen LogP contribution is -2.30. The van der Waals surface area contributed by atoms with Crippen molar-refractivity contribution in [3.63, 3.8) is 0 Å². The van der Waals surface area contributed by atoms with Gasteiger partial charge in [-0.15, -0.1) is 0 Å². The number of hydrogen-bond acceptors (Lipinski definition) is 2. The molecule has 1 amide bonds. The number of carbonyl (C=O) groups is 1. The quantitative estimate of drug-likeness (QED) is 0.499. The number of nitrogens with zero attached hydrogens (tertiary/aromatic N) is 1. The van der Waals surface area contributed by atoms with Gasteiger partial charge >= 0.3 is 0 Å². The summed E-state index contributed by atoms with van der Waals surface area (Å²) >= 11 is 0. The molecule has 0 saturated carbocycles. The van der Waals surface area contributed by atoms with Gasteiger partial charge in [0.2, 0.25) is 5.91 Å². The van der Waals surface area contributed by atoms with Gasteiger partial charge in [0.1, 0.15) is 5.75 Å². The maximum absolute atomic E-state index is 12.8. The zero-order chi connectivity index (χ0) is 18.7. The molecule has 3 heteroatoms. The average molecular weight is 359 g/mol. The van der Waals surface area contributed by atoms with Crippen LogP contribution in [0, 0.1) is 0 Å². The molecule has 0 spiro atoms. The van der Waals surface area contributed by atoms with Crippen molar-refractivity contribution >= 4 is 5.91 Å². The minimum atomic E-state index is 0.152. The molecular weight excluding hydrogens is 334 g/mol. The number of benzene rings is 3. The molecule has 0 radical (unpaired) electrons. The van der Waals surface area contributed by atoms with Gasteiger partial charge in [-0.05, 0) is 29.7 Å². The fourth-order valence-corrected chi connectivity index (χ4v) is 2.93. The lowest BCUT2D eigenvalue weighted by molar-refractivity contribution is -0.132. The Bertz CT molecular complexity index is 762. The summed E-state index contributed by atoms with van der Waals surface area (Å²) in [6.45, 7) is 1.78. The van der Waals surface area contributed by atoms with Crippen molar-refractivity contribution in [2.24, 2.45) is 0 Å². The van der Waals surface area contributed by atoms with Crippen molar-refractivity contribution in [2.75, 3.05) is 6.61 Å². The van der Waals surface area contributed by atoms with Crippen LogP contribution in [-0.4, -0.2) is 17.4 Å². The van der Waals surface area contributed by atoms with Crippen LogP contribution in [0.1, 0.15) is 24.0 Å². The van der Waals surface area contributed by atoms with Crippen molar-refractivity contribution in [1.29, 1.82) is 0 Å². The molecule has 27 heavy (non-hydrogen) atoms. The second-order valence-corrected chi connectivity index (χ2v) is 6.49. The molecule has 0 aliphatic heterocycles. The van der Waals surface area contributed by atoms with Gasteiger partial charge in [-0.1, -0.05) is 78.9 Å². The Morgan fingerprint density at radius 1 is 0.704 bits per heavy atom. The van der Waals surface area contributed by atoms with E-state index in [1.165, 1.54) is 0 Å². The van der Waals surface area contributed by atoms with E-state index in [9.17, 15) is 4.79 Å². The summed E-state index contributed by atoms with van der Waals surface area (Å²) in [5, 5.41) is 0. The molecule has 0 bridgehead atoms. The van der Waals surface area contributed by atoms with Crippen LogP contribution in [0.3, 0.4) is 0 Å². The third-order valence-corrected chi connectivity index (χ3v) is 4.33. The summed E-state index contributed by atoms with van der Waals surface area (Å²) in [5.74, 6) is 0.995. The van der Waals surface area contributed by atoms with Crippen molar-refractivity contribution in [1.82, 2.24) is 4.90 Å². The van der Waals surface area contributed by atoms with Gasteiger partial charge in [-0.2, -0.15) is 0 Å². The first-order chi connectivity index (χ1) is 13.3. The van der Waals surface area contributed by atoms with Crippen LogP contribution in [0.25, 0.3) is 0 Å². The molecule has 138 valence electrons. The van der Waals surface area contributed by atoms with Crippen LogP contribution in [0.5, 0.6) is 5.75 Å². The predicted octanol–water partition coefficient (Wildman–Crippen LogP) is 5.07. The van der Waals surface area contributed by atoms with Crippen molar-refractivity contribution in [3.05, 3.63) is 102 Å². The molecule has 3 aromatic rings. The largest absolute Gasteiger partial charge is 0.494 e. The topological polar surface area (TPSA) is 29.5 Å². The summed E-state index contributed by atoms with van der Waals surface area (Å²) in [7, 11) is 0. The third-order valence-electron chi connectivity index (χ3n) is 4.33. The maximum atomic E-state index is 12.8. The normalized spacial score (nSPS) is 10.4. The minimum absolute atomic E-state index is 0.152. The average Bonchev–Trinajstić information content (AvgIpc) is 2.73. The molecule has 0 fully saturated rings. The molecule has 0 atom stereocenters. The van der Waals surface area contributed by atoms with Gasteiger partial charge in [0.25, 0.3) is 0 Å². The Morgan fingerprint density at radius 2 is 1.19 bits per heavy atom. The Balaban J connectivity index is 1.56. The number of para-hydroxylation sites is 1. The number of carbonyl (C=O) groups excluding carboxylic acids is 1.